The number of nitrogen functional groups attached to an aromatic ring is 1. The lowest BCUT2D eigenvalue weighted by Gasteiger charge is -2.16. The van der Waals surface area contributed by atoms with Crippen molar-refractivity contribution in [2.45, 2.75) is 46.6 Å². The predicted octanol–water partition coefficient (Wildman–Crippen LogP) is 2.01. The van der Waals surface area contributed by atoms with E-state index in [1.54, 1.807) is 0 Å². The molecule has 0 atom stereocenters. The molecule has 0 bridgehead atoms. The molecule has 5 heteroatoms. The molecule has 1 rings (SSSR count). The molecule has 0 saturated heterocycles. The van der Waals surface area contributed by atoms with Gasteiger partial charge in [0, 0.05) is 17.5 Å². The third-order valence-corrected chi connectivity index (χ3v) is 2.24. The highest BCUT2D eigenvalue weighted by molar-refractivity contribution is 5.57. The first-order valence-corrected chi connectivity index (χ1v) is 5.57. The van der Waals surface area contributed by atoms with Crippen LogP contribution in [-0.2, 0) is 0 Å². The molecule has 0 saturated carbocycles. The van der Waals surface area contributed by atoms with Gasteiger partial charge in [-0.05, 0) is 20.8 Å². The van der Waals surface area contributed by atoms with Crippen LogP contribution in [0.5, 0.6) is 0 Å². The van der Waals surface area contributed by atoms with E-state index in [4.69, 9.17) is 5.84 Å². The first-order chi connectivity index (χ1) is 7.45. The van der Waals surface area contributed by atoms with Gasteiger partial charge in [0.2, 0.25) is 0 Å². The van der Waals surface area contributed by atoms with Crippen LogP contribution in [0.25, 0.3) is 0 Å². The van der Waals surface area contributed by atoms with E-state index in [2.05, 4.69) is 48.4 Å². The molecule has 0 aliphatic rings. The van der Waals surface area contributed by atoms with Crippen molar-refractivity contribution in [2.24, 2.45) is 5.84 Å². The Kier molecular flexibility index (Phi) is 4.06. The van der Waals surface area contributed by atoms with Crippen molar-refractivity contribution in [3.8, 4) is 0 Å². The molecule has 0 radical (unpaired) electrons. The van der Waals surface area contributed by atoms with E-state index in [1.165, 1.54) is 0 Å². The highest BCUT2D eigenvalue weighted by atomic mass is 15.3. The maximum Gasteiger partial charge on any atom is 0.148 e. The number of anilines is 2. The second kappa shape index (κ2) is 5.12. The summed E-state index contributed by atoms with van der Waals surface area (Å²) in [4.78, 5) is 8.87. The normalized spacial score (nSPS) is 11.0. The zero-order chi connectivity index (χ0) is 12.3. The molecule has 0 amide bonds. The molecular weight excluding hydrogens is 202 g/mol. The zero-order valence-corrected chi connectivity index (χ0v) is 10.6. The summed E-state index contributed by atoms with van der Waals surface area (Å²) >= 11 is 0. The van der Waals surface area contributed by atoms with Gasteiger partial charge in [0.15, 0.2) is 0 Å². The number of hydrazine groups is 1. The van der Waals surface area contributed by atoms with E-state index in [1.807, 2.05) is 6.92 Å². The number of aromatic nitrogens is 2. The number of nitrogens with one attached hydrogen (secondary N) is 2. The second-order valence-corrected chi connectivity index (χ2v) is 4.50. The Hall–Kier alpha value is -1.36. The number of hydrogen-bond donors (Lipinski definition) is 3. The highest BCUT2D eigenvalue weighted by Gasteiger charge is 2.12. The molecule has 1 aromatic rings. The lowest BCUT2D eigenvalue weighted by Crippen LogP contribution is -2.18. The van der Waals surface area contributed by atoms with Crippen LogP contribution in [0.4, 0.5) is 11.6 Å². The van der Waals surface area contributed by atoms with Crippen molar-refractivity contribution in [3.05, 3.63) is 11.4 Å². The molecule has 0 fully saturated rings. The van der Waals surface area contributed by atoms with Gasteiger partial charge in [-0.15, -0.1) is 0 Å². The van der Waals surface area contributed by atoms with Gasteiger partial charge < -0.3 is 10.7 Å². The van der Waals surface area contributed by atoms with Gasteiger partial charge in [-0.25, -0.2) is 15.8 Å². The summed E-state index contributed by atoms with van der Waals surface area (Å²) in [6.45, 7) is 10.2. The van der Waals surface area contributed by atoms with Gasteiger partial charge in [0.1, 0.15) is 17.5 Å². The van der Waals surface area contributed by atoms with Crippen LogP contribution in [0.3, 0.4) is 0 Å². The fourth-order valence-corrected chi connectivity index (χ4v) is 1.35. The van der Waals surface area contributed by atoms with E-state index in [0.717, 1.165) is 17.2 Å². The van der Waals surface area contributed by atoms with Crippen LogP contribution in [0, 0.1) is 6.92 Å². The Morgan fingerprint density at radius 2 is 1.62 bits per heavy atom. The average Bonchev–Trinajstić information content (AvgIpc) is 2.20. The highest BCUT2D eigenvalue weighted by Crippen LogP contribution is 2.22. The summed E-state index contributed by atoms with van der Waals surface area (Å²) in [5.74, 6) is 8.05. The van der Waals surface area contributed by atoms with E-state index in [9.17, 15) is 0 Å². The molecule has 0 aromatic carbocycles. The van der Waals surface area contributed by atoms with Gasteiger partial charge in [0.25, 0.3) is 0 Å². The smallest absolute Gasteiger partial charge is 0.148 e. The third-order valence-electron chi connectivity index (χ3n) is 2.24. The van der Waals surface area contributed by atoms with Crippen LogP contribution >= 0.6 is 0 Å². The summed E-state index contributed by atoms with van der Waals surface area (Å²) in [6.07, 6.45) is 0. The minimum absolute atomic E-state index is 0.278. The van der Waals surface area contributed by atoms with Gasteiger partial charge in [-0.1, -0.05) is 13.8 Å². The van der Waals surface area contributed by atoms with Crippen LogP contribution in [0.2, 0.25) is 0 Å². The monoisotopic (exact) mass is 223 g/mol. The summed E-state index contributed by atoms with van der Waals surface area (Å²) in [6, 6.07) is 0.333. The van der Waals surface area contributed by atoms with Gasteiger partial charge in [0.05, 0.1) is 0 Å². The quantitative estimate of drug-likeness (QED) is 0.538. The Morgan fingerprint density at radius 3 is 2.06 bits per heavy atom. The summed E-state index contributed by atoms with van der Waals surface area (Å²) in [7, 11) is 0. The average molecular weight is 223 g/mol. The Morgan fingerprint density at radius 1 is 1.06 bits per heavy atom. The van der Waals surface area contributed by atoms with E-state index in [-0.39, 0.29) is 5.92 Å². The Labute approximate surface area is 96.8 Å². The number of rotatable bonds is 4. The maximum absolute atomic E-state index is 5.45. The van der Waals surface area contributed by atoms with Crippen LogP contribution in [0.1, 0.15) is 45.0 Å². The third kappa shape index (κ3) is 2.82. The zero-order valence-electron chi connectivity index (χ0n) is 10.6. The van der Waals surface area contributed by atoms with Gasteiger partial charge >= 0.3 is 0 Å². The molecule has 1 aromatic heterocycles. The first-order valence-electron chi connectivity index (χ1n) is 5.57. The van der Waals surface area contributed by atoms with Crippen molar-refractivity contribution in [2.75, 3.05) is 10.7 Å². The Balaban J connectivity index is 3.19. The van der Waals surface area contributed by atoms with Crippen molar-refractivity contribution in [3.63, 3.8) is 0 Å². The second-order valence-electron chi connectivity index (χ2n) is 4.50. The van der Waals surface area contributed by atoms with Crippen LogP contribution in [-0.4, -0.2) is 16.0 Å². The largest absolute Gasteiger partial charge is 0.368 e. The van der Waals surface area contributed by atoms with E-state index in [0.29, 0.717) is 11.9 Å². The molecule has 0 aliphatic carbocycles. The molecule has 5 nitrogen and oxygen atoms in total. The van der Waals surface area contributed by atoms with Crippen LogP contribution < -0.4 is 16.6 Å². The molecule has 90 valence electrons. The molecule has 1 heterocycles. The molecule has 4 N–H and O–H groups in total. The lowest BCUT2D eigenvalue weighted by molar-refractivity contribution is 0.767. The van der Waals surface area contributed by atoms with Crippen molar-refractivity contribution >= 4 is 11.6 Å². The summed E-state index contributed by atoms with van der Waals surface area (Å²) < 4.78 is 0. The van der Waals surface area contributed by atoms with Gasteiger partial charge in [-0.2, -0.15) is 0 Å². The number of nitrogens with two attached hydrogens (primary N) is 1. The molecule has 0 unspecified atom stereocenters. The van der Waals surface area contributed by atoms with Crippen molar-refractivity contribution in [1.29, 1.82) is 0 Å². The lowest BCUT2D eigenvalue weighted by atomic mass is 10.2. The number of nitrogens with zero attached hydrogens (tertiary/aromatic N) is 2. The van der Waals surface area contributed by atoms with E-state index >= 15 is 0 Å². The maximum atomic E-state index is 5.45. The molecule has 0 aliphatic heterocycles. The standard InChI is InChI=1S/C11H21N5/c1-6(2)9-14-10(13-7(3)4)8(5)11(15-9)16-12/h6-7H,12H2,1-5H3,(H2,13,14,15,16). The fourth-order valence-electron chi connectivity index (χ4n) is 1.35. The van der Waals surface area contributed by atoms with Crippen LogP contribution in [0.15, 0.2) is 0 Å². The summed E-state index contributed by atoms with van der Waals surface area (Å²) in [5.41, 5.74) is 3.56. The molecular formula is C11H21N5. The topological polar surface area (TPSA) is 75.9 Å². The van der Waals surface area contributed by atoms with Crippen molar-refractivity contribution in [1.82, 2.24) is 9.97 Å². The van der Waals surface area contributed by atoms with Gasteiger partial charge in [-0.3, -0.25) is 0 Å². The minimum atomic E-state index is 0.278. The first kappa shape index (κ1) is 12.7. The van der Waals surface area contributed by atoms with Crippen molar-refractivity contribution < 1.29 is 0 Å². The summed E-state index contributed by atoms with van der Waals surface area (Å²) in [5, 5.41) is 3.30. The SMILES string of the molecule is Cc1c(NN)nc(C(C)C)nc1NC(C)C. The predicted molar refractivity (Wildman–Crippen MR) is 67.4 cm³/mol. The van der Waals surface area contributed by atoms with E-state index < -0.39 is 0 Å². The molecule has 16 heavy (non-hydrogen) atoms. The minimum Gasteiger partial charge on any atom is -0.368 e. The fraction of sp³-hybridized carbons (Fsp3) is 0.636. The number of hydrogen-bond acceptors (Lipinski definition) is 5. The molecule has 0 spiro atoms. The Bertz CT molecular complexity index is 360.